The monoisotopic (exact) mass is 161 g/mol. The molecule has 1 aliphatic rings. The van der Waals surface area contributed by atoms with Crippen molar-refractivity contribution in [3.05, 3.63) is 42.2 Å². The molecule has 0 radical (unpaired) electrons. The summed E-state index contributed by atoms with van der Waals surface area (Å²) >= 11 is 0. The molecule has 0 bridgehead atoms. The summed E-state index contributed by atoms with van der Waals surface area (Å²) in [6, 6.07) is 7.86. The number of nitrogens with two attached hydrogens (primary N) is 1. The lowest BCUT2D eigenvalue weighted by Crippen LogP contribution is -2.18. The van der Waals surface area contributed by atoms with Gasteiger partial charge in [-0.3, -0.25) is 0 Å². The van der Waals surface area contributed by atoms with Crippen LogP contribution in [0.4, 0.5) is 0 Å². The fourth-order valence-electron chi connectivity index (χ4n) is 1.43. The molecule has 1 heterocycles. The summed E-state index contributed by atoms with van der Waals surface area (Å²) < 4.78 is 5.43. The van der Waals surface area contributed by atoms with E-state index >= 15 is 0 Å². The van der Waals surface area contributed by atoms with Crippen molar-refractivity contribution in [2.75, 3.05) is 0 Å². The van der Waals surface area contributed by atoms with Gasteiger partial charge in [-0.1, -0.05) is 24.8 Å². The number of fused-ring (bicyclic) bond motifs is 1. The lowest BCUT2D eigenvalue weighted by Gasteiger charge is -2.23. The first-order valence-corrected chi connectivity index (χ1v) is 3.97. The van der Waals surface area contributed by atoms with Crippen LogP contribution in [0.2, 0.25) is 0 Å². The normalized spacial score (nSPS) is 21.4. The first-order chi connectivity index (χ1) is 5.77. The van der Waals surface area contributed by atoms with E-state index in [0.29, 0.717) is 0 Å². The zero-order valence-corrected chi connectivity index (χ0v) is 6.79. The van der Waals surface area contributed by atoms with Crippen LogP contribution in [0.25, 0.3) is 0 Å². The Hall–Kier alpha value is -1.28. The molecule has 2 rings (SSSR count). The van der Waals surface area contributed by atoms with Gasteiger partial charge in [-0.2, -0.15) is 0 Å². The van der Waals surface area contributed by atoms with Crippen molar-refractivity contribution in [3.63, 3.8) is 0 Å². The van der Waals surface area contributed by atoms with Crippen LogP contribution in [0, 0.1) is 0 Å². The third-order valence-corrected chi connectivity index (χ3v) is 2.02. The summed E-state index contributed by atoms with van der Waals surface area (Å²) in [6.45, 7) is 3.76. The molecular formula is C10H11NO. The molecule has 1 aromatic carbocycles. The summed E-state index contributed by atoms with van der Waals surface area (Å²) in [4.78, 5) is 0. The second-order valence-corrected chi connectivity index (χ2v) is 2.99. The van der Waals surface area contributed by atoms with Gasteiger partial charge >= 0.3 is 0 Å². The Morgan fingerprint density at radius 2 is 2.17 bits per heavy atom. The third kappa shape index (κ3) is 1.10. The van der Waals surface area contributed by atoms with Gasteiger partial charge in [0.15, 0.2) is 0 Å². The van der Waals surface area contributed by atoms with Gasteiger partial charge < -0.3 is 10.5 Å². The Kier molecular flexibility index (Phi) is 1.62. The number of benzene rings is 1. The standard InChI is InChI=1S/C10H11NO/c1-7-6-9(11)8-4-2-3-5-10(8)12-7/h2-5,9H,1,6,11H2. The molecule has 0 saturated carbocycles. The highest BCUT2D eigenvalue weighted by atomic mass is 16.5. The van der Waals surface area contributed by atoms with Crippen molar-refractivity contribution in [3.8, 4) is 5.75 Å². The molecule has 1 unspecified atom stereocenters. The highest BCUT2D eigenvalue weighted by Crippen LogP contribution is 2.33. The Labute approximate surface area is 71.6 Å². The topological polar surface area (TPSA) is 35.2 Å². The maximum atomic E-state index is 5.90. The maximum absolute atomic E-state index is 5.90. The summed E-state index contributed by atoms with van der Waals surface area (Å²) in [7, 11) is 0. The predicted molar refractivity (Wildman–Crippen MR) is 47.8 cm³/mol. The van der Waals surface area contributed by atoms with Gasteiger partial charge in [0.05, 0.1) is 5.76 Å². The van der Waals surface area contributed by atoms with Crippen molar-refractivity contribution in [2.45, 2.75) is 12.5 Å². The lowest BCUT2D eigenvalue weighted by molar-refractivity contribution is 0.358. The van der Waals surface area contributed by atoms with Gasteiger partial charge in [-0.25, -0.2) is 0 Å². The molecule has 0 aromatic heterocycles. The molecule has 2 N–H and O–H groups in total. The molecule has 1 aromatic rings. The molecule has 0 fully saturated rings. The van der Waals surface area contributed by atoms with Gasteiger partial charge in [0.2, 0.25) is 0 Å². The van der Waals surface area contributed by atoms with E-state index in [-0.39, 0.29) is 6.04 Å². The van der Waals surface area contributed by atoms with E-state index in [2.05, 4.69) is 6.58 Å². The predicted octanol–water partition coefficient (Wildman–Crippen LogP) is 1.98. The van der Waals surface area contributed by atoms with Crippen LogP contribution < -0.4 is 10.5 Å². The number of ether oxygens (including phenoxy) is 1. The van der Waals surface area contributed by atoms with E-state index in [1.807, 2.05) is 24.3 Å². The summed E-state index contributed by atoms with van der Waals surface area (Å²) in [5.74, 6) is 1.60. The van der Waals surface area contributed by atoms with Gasteiger partial charge in [0.1, 0.15) is 5.75 Å². The van der Waals surface area contributed by atoms with Gasteiger partial charge in [0.25, 0.3) is 0 Å². The van der Waals surface area contributed by atoms with Gasteiger partial charge in [-0.15, -0.1) is 0 Å². The molecule has 0 aliphatic carbocycles. The molecule has 1 aliphatic heterocycles. The fraction of sp³-hybridized carbons (Fsp3) is 0.200. The molecule has 2 heteroatoms. The zero-order chi connectivity index (χ0) is 8.55. The third-order valence-electron chi connectivity index (χ3n) is 2.02. The number of hydrogen-bond acceptors (Lipinski definition) is 2. The second-order valence-electron chi connectivity index (χ2n) is 2.99. The van der Waals surface area contributed by atoms with Crippen molar-refractivity contribution in [2.24, 2.45) is 5.73 Å². The Balaban J connectivity index is 2.47. The SMILES string of the molecule is C=C1CC(N)c2ccccc2O1. The van der Waals surface area contributed by atoms with Crippen molar-refractivity contribution in [1.29, 1.82) is 0 Å². The minimum atomic E-state index is 0.0439. The molecule has 62 valence electrons. The minimum Gasteiger partial charge on any atom is -0.462 e. The van der Waals surface area contributed by atoms with Crippen LogP contribution in [-0.2, 0) is 0 Å². The van der Waals surface area contributed by atoms with Gasteiger partial charge in [0, 0.05) is 18.0 Å². The average Bonchev–Trinajstić information content (AvgIpc) is 2.04. The molecule has 0 saturated heterocycles. The summed E-state index contributed by atoms with van der Waals surface area (Å²) in [6.07, 6.45) is 0.719. The maximum Gasteiger partial charge on any atom is 0.131 e. The van der Waals surface area contributed by atoms with Crippen molar-refractivity contribution >= 4 is 0 Å². The molecule has 12 heavy (non-hydrogen) atoms. The average molecular weight is 161 g/mol. The molecule has 1 atom stereocenters. The Morgan fingerprint density at radius 3 is 3.00 bits per heavy atom. The summed E-state index contributed by atoms with van der Waals surface area (Å²) in [5.41, 5.74) is 6.97. The van der Waals surface area contributed by atoms with E-state index in [4.69, 9.17) is 10.5 Å². The van der Waals surface area contributed by atoms with E-state index in [1.165, 1.54) is 0 Å². The van der Waals surface area contributed by atoms with Gasteiger partial charge in [-0.05, 0) is 6.07 Å². The molecule has 0 spiro atoms. The smallest absolute Gasteiger partial charge is 0.131 e. The number of hydrogen-bond donors (Lipinski definition) is 1. The number of para-hydroxylation sites is 1. The second kappa shape index (κ2) is 2.64. The number of rotatable bonds is 0. The van der Waals surface area contributed by atoms with E-state index in [0.717, 1.165) is 23.5 Å². The van der Waals surface area contributed by atoms with Crippen molar-refractivity contribution in [1.82, 2.24) is 0 Å². The highest BCUT2D eigenvalue weighted by Gasteiger charge is 2.19. The highest BCUT2D eigenvalue weighted by molar-refractivity contribution is 5.39. The van der Waals surface area contributed by atoms with Crippen LogP contribution >= 0.6 is 0 Å². The Morgan fingerprint density at radius 1 is 1.42 bits per heavy atom. The quantitative estimate of drug-likeness (QED) is 0.631. The van der Waals surface area contributed by atoms with Crippen LogP contribution in [0.15, 0.2) is 36.6 Å². The first kappa shape index (κ1) is 7.37. The van der Waals surface area contributed by atoms with E-state index in [1.54, 1.807) is 0 Å². The minimum absolute atomic E-state index is 0.0439. The Bertz CT molecular complexity index is 319. The van der Waals surface area contributed by atoms with E-state index < -0.39 is 0 Å². The molecular weight excluding hydrogens is 150 g/mol. The fourth-order valence-corrected chi connectivity index (χ4v) is 1.43. The molecule has 0 amide bonds. The largest absolute Gasteiger partial charge is 0.462 e. The zero-order valence-electron chi connectivity index (χ0n) is 6.79. The van der Waals surface area contributed by atoms with Crippen molar-refractivity contribution < 1.29 is 4.74 Å². The van der Waals surface area contributed by atoms with Crippen LogP contribution in [0.5, 0.6) is 5.75 Å². The van der Waals surface area contributed by atoms with E-state index in [9.17, 15) is 0 Å². The first-order valence-electron chi connectivity index (χ1n) is 3.97. The lowest BCUT2D eigenvalue weighted by atomic mass is 10.0. The van der Waals surface area contributed by atoms with Crippen LogP contribution in [-0.4, -0.2) is 0 Å². The summed E-state index contributed by atoms with van der Waals surface area (Å²) in [5, 5.41) is 0. The molecule has 2 nitrogen and oxygen atoms in total. The van der Waals surface area contributed by atoms with Crippen LogP contribution in [0.1, 0.15) is 18.0 Å². The van der Waals surface area contributed by atoms with Crippen LogP contribution in [0.3, 0.4) is 0 Å².